The van der Waals surface area contributed by atoms with E-state index in [4.69, 9.17) is 19.3 Å². The maximum Gasteiger partial charge on any atom is 0.243 e. The Bertz CT molecular complexity index is 1420. The van der Waals surface area contributed by atoms with Crippen molar-refractivity contribution < 1.29 is 41.3 Å². The molecule has 3 heterocycles. The molecular formula is C28H38N2O9S2. The van der Waals surface area contributed by atoms with Crippen LogP contribution in [-0.4, -0.2) is 101 Å². The fraction of sp³-hybridized carbons (Fsp3) is 0.571. The lowest BCUT2D eigenvalue weighted by molar-refractivity contribution is -0.0312. The van der Waals surface area contributed by atoms with E-state index in [0.29, 0.717) is 49.8 Å². The maximum absolute atomic E-state index is 13.3. The lowest BCUT2D eigenvalue weighted by atomic mass is 9.88. The van der Waals surface area contributed by atoms with Crippen LogP contribution in [0.3, 0.4) is 0 Å². The van der Waals surface area contributed by atoms with E-state index in [1.54, 1.807) is 34.6 Å². The molecule has 0 aromatic heterocycles. The number of fused-ring (bicyclic) bond motifs is 1. The summed E-state index contributed by atoms with van der Waals surface area (Å²) in [5, 5.41) is 22.7. The third kappa shape index (κ3) is 7.04. The van der Waals surface area contributed by atoms with Crippen LogP contribution in [0.1, 0.15) is 31.2 Å². The monoisotopic (exact) mass is 610 g/mol. The van der Waals surface area contributed by atoms with Crippen molar-refractivity contribution in [2.24, 2.45) is 0 Å². The van der Waals surface area contributed by atoms with Gasteiger partial charge >= 0.3 is 0 Å². The van der Waals surface area contributed by atoms with Crippen LogP contribution >= 0.6 is 0 Å². The van der Waals surface area contributed by atoms with Gasteiger partial charge in [0.25, 0.3) is 0 Å². The van der Waals surface area contributed by atoms with Gasteiger partial charge in [0.2, 0.25) is 10.0 Å². The van der Waals surface area contributed by atoms with E-state index in [2.05, 4.69) is 5.32 Å². The molecule has 3 aliphatic rings. The first-order valence-electron chi connectivity index (χ1n) is 14.0. The highest BCUT2D eigenvalue weighted by Gasteiger charge is 2.44. The average Bonchev–Trinajstić information content (AvgIpc) is 3.37. The maximum atomic E-state index is 13.3. The van der Waals surface area contributed by atoms with Gasteiger partial charge in [-0.1, -0.05) is 6.07 Å². The van der Waals surface area contributed by atoms with Gasteiger partial charge in [-0.05, 0) is 74.1 Å². The molecule has 41 heavy (non-hydrogen) atoms. The van der Waals surface area contributed by atoms with Gasteiger partial charge in [0.1, 0.15) is 24.2 Å². The predicted octanol–water partition coefficient (Wildman–Crippen LogP) is 1.12. The number of aliphatic hydroxyl groups excluding tert-OH is 2. The summed E-state index contributed by atoms with van der Waals surface area (Å²) in [6, 6.07) is 11.1. The Kier molecular flexibility index (Phi) is 9.24. The van der Waals surface area contributed by atoms with E-state index in [1.807, 2.05) is 0 Å². The van der Waals surface area contributed by atoms with Crippen molar-refractivity contribution in [3.05, 3.63) is 48.0 Å². The number of aliphatic hydroxyl groups is 2. The molecule has 0 aliphatic carbocycles. The number of ether oxygens (including phenoxy) is 3. The van der Waals surface area contributed by atoms with Crippen molar-refractivity contribution in [1.82, 2.24) is 9.62 Å². The zero-order valence-electron chi connectivity index (χ0n) is 22.9. The fourth-order valence-corrected chi connectivity index (χ4v) is 8.20. The highest BCUT2D eigenvalue weighted by Crippen LogP contribution is 2.38. The Balaban J connectivity index is 1.08. The molecule has 2 aromatic carbocycles. The van der Waals surface area contributed by atoms with E-state index >= 15 is 0 Å². The Morgan fingerprint density at radius 1 is 1.10 bits per heavy atom. The van der Waals surface area contributed by atoms with Crippen LogP contribution in [0.25, 0.3) is 0 Å². The third-order valence-electron chi connectivity index (χ3n) is 7.97. The summed E-state index contributed by atoms with van der Waals surface area (Å²) in [5.74, 6) is 0.713. The zero-order chi connectivity index (χ0) is 29.1. The molecule has 226 valence electrons. The second kappa shape index (κ2) is 12.5. The van der Waals surface area contributed by atoms with Gasteiger partial charge in [0.15, 0.2) is 9.84 Å². The van der Waals surface area contributed by atoms with Gasteiger partial charge in [-0.25, -0.2) is 16.8 Å². The first kappa shape index (κ1) is 30.2. The molecule has 2 saturated heterocycles. The van der Waals surface area contributed by atoms with Gasteiger partial charge in [-0.2, -0.15) is 4.31 Å². The average molecular weight is 611 g/mol. The first-order chi connectivity index (χ1) is 19.6. The van der Waals surface area contributed by atoms with Gasteiger partial charge in [-0.3, -0.25) is 0 Å². The van der Waals surface area contributed by atoms with Crippen molar-refractivity contribution in [2.75, 3.05) is 51.8 Å². The molecule has 2 fully saturated rings. The van der Waals surface area contributed by atoms with Crippen LogP contribution in [0.4, 0.5) is 0 Å². The molecule has 0 bridgehead atoms. The van der Waals surface area contributed by atoms with E-state index in [0.717, 1.165) is 30.6 Å². The molecule has 2 atom stereocenters. The van der Waals surface area contributed by atoms with Crippen LogP contribution in [0.5, 0.6) is 11.5 Å². The second-order valence-electron chi connectivity index (χ2n) is 10.9. The van der Waals surface area contributed by atoms with Crippen LogP contribution in [0.15, 0.2) is 52.3 Å². The number of piperidine rings is 1. The molecular weight excluding hydrogens is 572 g/mol. The number of benzene rings is 2. The number of hydrogen-bond acceptors (Lipinski definition) is 10. The summed E-state index contributed by atoms with van der Waals surface area (Å²) in [5.41, 5.74) is 0.543. The first-order valence-corrected chi connectivity index (χ1v) is 17.1. The molecule has 3 aliphatic heterocycles. The van der Waals surface area contributed by atoms with E-state index < -0.39 is 38.2 Å². The minimum absolute atomic E-state index is 0.0143. The van der Waals surface area contributed by atoms with Crippen molar-refractivity contribution in [1.29, 1.82) is 0 Å². The normalized spacial score (nSPS) is 21.8. The summed E-state index contributed by atoms with van der Waals surface area (Å²) in [6.07, 6.45) is 2.77. The third-order valence-corrected chi connectivity index (χ3v) is 11.6. The molecule has 3 N–H and O–H groups in total. The zero-order valence-corrected chi connectivity index (χ0v) is 24.5. The molecule has 11 nitrogen and oxygen atoms in total. The highest BCUT2D eigenvalue weighted by atomic mass is 32.2. The number of sulfonamides is 1. The summed E-state index contributed by atoms with van der Waals surface area (Å²) >= 11 is 0. The Morgan fingerprint density at radius 3 is 2.68 bits per heavy atom. The summed E-state index contributed by atoms with van der Waals surface area (Å²) in [6.45, 7) is 1.65. The largest absolute Gasteiger partial charge is 0.493 e. The lowest BCUT2D eigenvalue weighted by Crippen LogP contribution is -2.47. The quantitative estimate of drug-likeness (QED) is 0.338. The standard InChI is InChI=1S/C28H38N2O9S2/c31-12-14-40(33,34)25-5-1-4-24(16-25)38-20-23(32)18-29-22-17-28(39-19-22)8-10-30(11-9-28)41(35,36)26-6-7-27-21(15-26)3-2-13-37-27/h1,4-7,15-16,22-23,29,31-32H,2-3,8-14,17-20H2. The molecule has 0 amide bonds. The predicted molar refractivity (Wildman–Crippen MR) is 150 cm³/mol. The molecule has 13 heteroatoms. The molecule has 2 unspecified atom stereocenters. The molecule has 5 rings (SSSR count). The van der Waals surface area contributed by atoms with E-state index in [1.165, 1.54) is 12.1 Å². The number of rotatable bonds is 11. The SMILES string of the molecule is O=S(=O)(CCO)c1cccc(OCC(O)CNC2COC3(CCN(S(=O)(=O)c4ccc5c(c4)CCCO5)CC3)C2)c1. The minimum atomic E-state index is -3.60. The fourth-order valence-electron chi connectivity index (χ4n) is 5.65. The number of sulfone groups is 1. The van der Waals surface area contributed by atoms with Gasteiger partial charge in [0.05, 0.1) is 41.0 Å². The van der Waals surface area contributed by atoms with Crippen LogP contribution < -0.4 is 14.8 Å². The number of aryl methyl sites for hydroxylation is 1. The topological polar surface area (TPSA) is 152 Å². The van der Waals surface area contributed by atoms with Crippen molar-refractivity contribution in [3.8, 4) is 11.5 Å². The number of nitrogens with zero attached hydrogens (tertiary/aromatic N) is 1. The Hall–Kier alpha value is -2.26. The molecule has 2 aromatic rings. The van der Waals surface area contributed by atoms with Gasteiger partial charge < -0.3 is 29.7 Å². The van der Waals surface area contributed by atoms with Gasteiger partial charge in [-0.15, -0.1) is 0 Å². The summed E-state index contributed by atoms with van der Waals surface area (Å²) in [7, 11) is -7.20. The van der Waals surface area contributed by atoms with E-state index in [-0.39, 0.29) is 29.8 Å². The van der Waals surface area contributed by atoms with Crippen LogP contribution in [0, 0.1) is 0 Å². The van der Waals surface area contributed by atoms with Crippen molar-refractivity contribution in [2.45, 2.75) is 59.6 Å². The molecule has 1 spiro atoms. The van der Waals surface area contributed by atoms with E-state index in [9.17, 15) is 21.9 Å². The molecule has 0 saturated carbocycles. The van der Waals surface area contributed by atoms with Crippen LogP contribution in [0.2, 0.25) is 0 Å². The number of hydrogen-bond donors (Lipinski definition) is 3. The Morgan fingerprint density at radius 2 is 1.90 bits per heavy atom. The highest BCUT2D eigenvalue weighted by molar-refractivity contribution is 7.91. The van der Waals surface area contributed by atoms with Gasteiger partial charge in [0, 0.05) is 25.7 Å². The van der Waals surface area contributed by atoms with Crippen LogP contribution in [-0.2, 0) is 31.0 Å². The number of nitrogens with one attached hydrogen (secondary N) is 1. The smallest absolute Gasteiger partial charge is 0.243 e. The summed E-state index contributed by atoms with van der Waals surface area (Å²) in [4.78, 5) is 0.362. The second-order valence-corrected chi connectivity index (χ2v) is 15.0. The minimum Gasteiger partial charge on any atom is -0.493 e. The Labute approximate surface area is 241 Å². The summed E-state index contributed by atoms with van der Waals surface area (Å²) < 4.78 is 69.9. The van der Waals surface area contributed by atoms with Crippen molar-refractivity contribution in [3.63, 3.8) is 0 Å². The molecule has 0 radical (unpaired) electrons. The van der Waals surface area contributed by atoms with Crippen molar-refractivity contribution >= 4 is 19.9 Å². The lowest BCUT2D eigenvalue weighted by Gasteiger charge is -2.38.